The maximum absolute atomic E-state index is 11.4. The van der Waals surface area contributed by atoms with Crippen LogP contribution in [0.25, 0.3) is 0 Å². The number of nitrogens with two attached hydrogens (primary N) is 1. The zero-order chi connectivity index (χ0) is 12.2. The van der Waals surface area contributed by atoms with E-state index in [1.807, 2.05) is 0 Å². The third kappa shape index (κ3) is 3.95. The third-order valence-electron chi connectivity index (χ3n) is 2.37. The first-order chi connectivity index (χ1) is 7.44. The summed E-state index contributed by atoms with van der Waals surface area (Å²) in [6.07, 6.45) is 1.37. The standard InChI is InChI=1S/C8H17N3O4S/c1-2-15-8(12)11-16(13,14)10-7-5-3-4-6(7)9/h6-7,10H,2-5,9H2,1H3,(H,11,12). The normalized spacial score (nSPS) is 25.4. The second-order valence-corrected chi connectivity index (χ2v) is 5.09. The number of nitrogens with one attached hydrogen (secondary N) is 2. The van der Waals surface area contributed by atoms with Gasteiger partial charge in [-0.1, -0.05) is 6.42 Å². The van der Waals surface area contributed by atoms with Gasteiger partial charge in [0, 0.05) is 12.1 Å². The van der Waals surface area contributed by atoms with Crippen LogP contribution in [0.3, 0.4) is 0 Å². The Kier molecular flexibility index (Phi) is 4.51. The molecule has 0 aromatic heterocycles. The molecular formula is C8H17N3O4S. The second kappa shape index (κ2) is 5.46. The highest BCUT2D eigenvalue weighted by atomic mass is 32.2. The smallest absolute Gasteiger partial charge is 0.421 e. The number of hydrogen-bond donors (Lipinski definition) is 3. The van der Waals surface area contributed by atoms with Crippen LogP contribution in [0.4, 0.5) is 4.79 Å². The van der Waals surface area contributed by atoms with Crippen molar-refractivity contribution in [3.63, 3.8) is 0 Å². The van der Waals surface area contributed by atoms with Gasteiger partial charge in [0.25, 0.3) is 0 Å². The van der Waals surface area contributed by atoms with Crippen LogP contribution in [-0.4, -0.2) is 33.2 Å². The first-order valence-corrected chi connectivity index (χ1v) is 6.65. The van der Waals surface area contributed by atoms with Crippen molar-refractivity contribution in [2.24, 2.45) is 5.73 Å². The van der Waals surface area contributed by atoms with Crippen LogP contribution < -0.4 is 15.2 Å². The fourth-order valence-electron chi connectivity index (χ4n) is 1.63. The molecule has 2 unspecified atom stereocenters. The number of ether oxygens (including phenoxy) is 1. The van der Waals surface area contributed by atoms with E-state index < -0.39 is 16.3 Å². The summed E-state index contributed by atoms with van der Waals surface area (Å²) >= 11 is 0. The summed E-state index contributed by atoms with van der Waals surface area (Å²) in [5.74, 6) is 0. The first kappa shape index (κ1) is 13.2. The van der Waals surface area contributed by atoms with E-state index in [0.29, 0.717) is 6.42 Å². The van der Waals surface area contributed by atoms with E-state index in [0.717, 1.165) is 12.8 Å². The molecule has 0 bridgehead atoms. The van der Waals surface area contributed by atoms with Gasteiger partial charge in [-0.2, -0.15) is 13.1 Å². The molecule has 0 aromatic carbocycles. The largest absolute Gasteiger partial charge is 0.449 e. The highest BCUT2D eigenvalue weighted by Gasteiger charge is 2.28. The van der Waals surface area contributed by atoms with E-state index in [1.54, 1.807) is 11.6 Å². The molecule has 0 spiro atoms. The molecule has 1 amide bonds. The zero-order valence-corrected chi connectivity index (χ0v) is 9.92. The van der Waals surface area contributed by atoms with Gasteiger partial charge >= 0.3 is 16.3 Å². The van der Waals surface area contributed by atoms with E-state index in [9.17, 15) is 13.2 Å². The molecule has 0 heterocycles. The number of amides is 1. The lowest BCUT2D eigenvalue weighted by molar-refractivity contribution is 0.158. The predicted octanol–water partition coefficient (Wildman–Crippen LogP) is -0.553. The molecule has 1 rings (SSSR count). The Labute approximate surface area is 94.9 Å². The van der Waals surface area contributed by atoms with Crippen molar-refractivity contribution < 1.29 is 17.9 Å². The molecule has 0 aliphatic heterocycles. The molecule has 7 nitrogen and oxygen atoms in total. The summed E-state index contributed by atoms with van der Waals surface area (Å²) in [4.78, 5) is 10.9. The van der Waals surface area contributed by atoms with Gasteiger partial charge in [0.1, 0.15) is 0 Å². The van der Waals surface area contributed by atoms with Crippen LogP contribution in [0.15, 0.2) is 0 Å². The van der Waals surface area contributed by atoms with Crippen LogP contribution in [0.5, 0.6) is 0 Å². The second-order valence-electron chi connectivity index (χ2n) is 3.65. The Balaban J connectivity index is 2.48. The predicted molar refractivity (Wildman–Crippen MR) is 57.8 cm³/mol. The molecule has 0 saturated heterocycles. The Hall–Kier alpha value is -0.860. The Morgan fingerprint density at radius 1 is 1.50 bits per heavy atom. The van der Waals surface area contributed by atoms with Crippen molar-refractivity contribution in [2.45, 2.75) is 38.3 Å². The number of hydrogen-bond acceptors (Lipinski definition) is 5. The van der Waals surface area contributed by atoms with Crippen molar-refractivity contribution in [1.29, 1.82) is 0 Å². The lowest BCUT2D eigenvalue weighted by Gasteiger charge is -2.17. The summed E-state index contributed by atoms with van der Waals surface area (Å²) in [5.41, 5.74) is 5.70. The molecular weight excluding hydrogens is 234 g/mol. The maximum Gasteiger partial charge on any atom is 0.421 e. The SMILES string of the molecule is CCOC(=O)NS(=O)(=O)NC1CCCC1N. The van der Waals surface area contributed by atoms with Gasteiger partial charge in [0.05, 0.1) is 6.61 Å². The van der Waals surface area contributed by atoms with Gasteiger partial charge in [-0.3, -0.25) is 0 Å². The van der Waals surface area contributed by atoms with Crippen LogP contribution >= 0.6 is 0 Å². The monoisotopic (exact) mass is 251 g/mol. The number of carbonyl (C=O) groups excluding carboxylic acids is 1. The Morgan fingerprint density at radius 3 is 2.69 bits per heavy atom. The quantitative estimate of drug-likeness (QED) is 0.620. The minimum Gasteiger partial charge on any atom is -0.449 e. The maximum atomic E-state index is 11.4. The summed E-state index contributed by atoms with van der Waals surface area (Å²) in [5, 5.41) is 0. The van der Waals surface area contributed by atoms with Crippen LogP contribution in [0, 0.1) is 0 Å². The van der Waals surface area contributed by atoms with E-state index in [1.165, 1.54) is 0 Å². The van der Waals surface area contributed by atoms with Crippen LogP contribution in [0.2, 0.25) is 0 Å². The van der Waals surface area contributed by atoms with E-state index >= 15 is 0 Å². The highest BCUT2D eigenvalue weighted by molar-refractivity contribution is 7.88. The summed E-state index contributed by atoms with van der Waals surface area (Å²) in [7, 11) is -3.87. The van der Waals surface area contributed by atoms with Gasteiger partial charge in [0.2, 0.25) is 0 Å². The third-order valence-corrected chi connectivity index (χ3v) is 3.42. The van der Waals surface area contributed by atoms with Crippen molar-refractivity contribution in [2.75, 3.05) is 6.61 Å². The van der Waals surface area contributed by atoms with Crippen molar-refractivity contribution >= 4 is 16.3 Å². The zero-order valence-electron chi connectivity index (χ0n) is 9.10. The minimum absolute atomic E-state index is 0.115. The molecule has 1 aliphatic rings. The van der Waals surface area contributed by atoms with Gasteiger partial charge in [-0.05, 0) is 19.8 Å². The average molecular weight is 251 g/mol. The molecule has 8 heteroatoms. The van der Waals surface area contributed by atoms with E-state index in [-0.39, 0.29) is 18.7 Å². The number of carbonyl (C=O) groups is 1. The Morgan fingerprint density at radius 2 is 2.19 bits per heavy atom. The van der Waals surface area contributed by atoms with Crippen molar-refractivity contribution in [3.8, 4) is 0 Å². The minimum atomic E-state index is -3.87. The van der Waals surface area contributed by atoms with E-state index in [4.69, 9.17) is 5.73 Å². The lowest BCUT2D eigenvalue weighted by Crippen LogP contribution is -2.49. The van der Waals surface area contributed by atoms with Crippen LogP contribution in [-0.2, 0) is 14.9 Å². The molecule has 0 radical (unpaired) electrons. The van der Waals surface area contributed by atoms with Crippen molar-refractivity contribution in [3.05, 3.63) is 0 Å². The molecule has 1 aliphatic carbocycles. The highest BCUT2D eigenvalue weighted by Crippen LogP contribution is 2.17. The summed E-state index contributed by atoms with van der Waals surface area (Å²) in [6.45, 7) is 1.71. The lowest BCUT2D eigenvalue weighted by atomic mass is 10.2. The molecule has 1 fully saturated rings. The summed E-state index contributed by atoms with van der Waals surface area (Å²) < 4.78 is 31.4. The molecule has 2 atom stereocenters. The van der Waals surface area contributed by atoms with Gasteiger partial charge in [0.15, 0.2) is 0 Å². The molecule has 4 N–H and O–H groups in total. The van der Waals surface area contributed by atoms with Crippen molar-refractivity contribution in [1.82, 2.24) is 9.44 Å². The van der Waals surface area contributed by atoms with Gasteiger partial charge < -0.3 is 10.5 Å². The molecule has 1 saturated carbocycles. The van der Waals surface area contributed by atoms with E-state index in [2.05, 4.69) is 9.46 Å². The van der Waals surface area contributed by atoms with Gasteiger partial charge in [-0.15, -0.1) is 0 Å². The average Bonchev–Trinajstić information content (AvgIpc) is 2.50. The Bertz CT molecular complexity index is 343. The number of rotatable bonds is 4. The molecule has 16 heavy (non-hydrogen) atoms. The fourth-order valence-corrected chi connectivity index (χ4v) is 2.66. The fraction of sp³-hybridized carbons (Fsp3) is 0.875. The molecule has 0 aromatic rings. The van der Waals surface area contributed by atoms with Gasteiger partial charge in [-0.25, -0.2) is 9.52 Å². The summed E-state index contributed by atoms with van der Waals surface area (Å²) in [6, 6.07) is -0.509. The first-order valence-electron chi connectivity index (χ1n) is 5.17. The van der Waals surface area contributed by atoms with Crippen LogP contribution in [0.1, 0.15) is 26.2 Å². The molecule has 94 valence electrons. The topological polar surface area (TPSA) is 111 Å².